The van der Waals surface area contributed by atoms with Crippen LogP contribution in [0, 0.1) is 0 Å². The van der Waals surface area contributed by atoms with Gasteiger partial charge in [-0.05, 0) is 54.8 Å². The summed E-state index contributed by atoms with van der Waals surface area (Å²) in [5, 5.41) is 6.06. The third-order valence-electron chi connectivity index (χ3n) is 3.86. The van der Waals surface area contributed by atoms with Crippen molar-refractivity contribution >= 4 is 10.8 Å². The van der Waals surface area contributed by atoms with E-state index in [2.05, 4.69) is 49.5 Å². The Morgan fingerprint density at radius 2 is 1.71 bits per heavy atom. The third-order valence-corrected chi connectivity index (χ3v) is 3.86. The van der Waals surface area contributed by atoms with Crippen LogP contribution in [0.5, 0.6) is 5.75 Å². The first-order chi connectivity index (χ1) is 10.1. The fourth-order valence-electron chi connectivity index (χ4n) is 2.54. The molecule has 0 saturated carbocycles. The van der Waals surface area contributed by atoms with E-state index in [9.17, 15) is 0 Å². The van der Waals surface area contributed by atoms with Gasteiger partial charge < -0.3 is 14.8 Å². The number of benzene rings is 2. The molecule has 0 amide bonds. The van der Waals surface area contributed by atoms with Crippen molar-refractivity contribution in [3.63, 3.8) is 0 Å². The zero-order valence-electron chi connectivity index (χ0n) is 13.3. The van der Waals surface area contributed by atoms with Gasteiger partial charge in [-0.15, -0.1) is 0 Å². The molecule has 2 atom stereocenters. The third kappa shape index (κ3) is 4.19. The summed E-state index contributed by atoms with van der Waals surface area (Å²) in [6.07, 6.45) is 1.02. The summed E-state index contributed by atoms with van der Waals surface area (Å²) in [6.45, 7) is 5.19. The van der Waals surface area contributed by atoms with Crippen LogP contribution in [0.4, 0.5) is 0 Å². The lowest BCUT2D eigenvalue weighted by atomic mass is 10.0. The second kappa shape index (κ2) is 7.43. The van der Waals surface area contributed by atoms with Crippen LogP contribution in [0.15, 0.2) is 36.4 Å². The SMILES string of the molecule is COCCC(C)NC(C)c1ccc2cc(OC)ccc2c1. The molecule has 0 heterocycles. The normalized spacial score (nSPS) is 14.1. The van der Waals surface area contributed by atoms with E-state index in [0.29, 0.717) is 12.1 Å². The van der Waals surface area contributed by atoms with Gasteiger partial charge in [0.05, 0.1) is 7.11 Å². The number of hydrogen-bond acceptors (Lipinski definition) is 3. The summed E-state index contributed by atoms with van der Waals surface area (Å²) >= 11 is 0. The van der Waals surface area contributed by atoms with Gasteiger partial charge in [-0.1, -0.05) is 18.2 Å². The van der Waals surface area contributed by atoms with E-state index in [1.54, 1.807) is 14.2 Å². The minimum atomic E-state index is 0.323. The van der Waals surface area contributed by atoms with Crippen molar-refractivity contribution in [2.45, 2.75) is 32.4 Å². The van der Waals surface area contributed by atoms with Crippen molar-refractivity contribution in [1.29, 1.82) is 0 Å². The first kappa shape index (κ1) is 15.8. The van der Waals surface area contributed by atoms with Crippen LogP contribution in [-0.2, 0) is 4.74 Å². The molecule has 0 aromatic heterocycles. The van der Waals surface area contributed by atoms with Crippen LogP contribution in [0.3, 0.4) is 0 Å². The number of rotatable bonds is 7. The van der Waals surface area contributed by atoms with Crippen molar-refractivity contribution in [3.05, 3.63) is 42.0 Å². The average Bonchev–Trinajstić information content (AvgIpc) is 2.51. The topological polar surface area (TPSA) is 30.5 Å². The molecule has 0 radical (unpaired) electrons. The predicted molar refractivity (Wildman–Crippen MR) is 88.0 cm³/mol. The molecule has 2 unspecified atom stereocenters. The minimum Gasteiger partial charge on any atom is -0.497 e. The molecule has 0 spiro atoms. The quantitative estimate of drug-likeness (QED) is 0.837. The molecule has 3 heteroatoms. The number of hydrogen-bond donors (Lipinski definition) is 1. The summed E-state index contributed by atoms with van der Waals surface area (Å²) in [5.74, 6) is 0.898. The van der Waals surface area contributed by atoms with Crippen molar-refractivity contribution in [3.8, 4) is 5.75 Å². The summed E-state index contributed by atoms with van der Waals surface area (Å²) in [4.78, 5) is 0. The summed E-state index contributed by atoms with van der Waals surface area (Å²) in [6, 6.07) is 13.5. The summed E-state index contributed by atoms with van der Waals surface area (Å²) in [5.41, 5.74) is 1.30. The standard InChI is InChI=1S/C18H25NO2/c1-13(9-10-20-3)19-14(2)15-5-6-17-12-18(21-4)8-7-16(17)11-15/h5-8,11-14,19H,9-10H2,1-4H3. The Balaban J connectivity index is 2.11. The Hall–Kier alpha value is -1.58. The number of nitrogens with one attached hydrogen (secondary N) is 1. The van der Waals surface area contributed by atoms with E-state index in [-0.39, 0.29) is 0 Å². The molecule has 0 fully saturated rings. The second-order valence-corrected chi connectivity index (χ2v) is 5.54. The van der Waals surface area contributed by atoms with Gasteiger partial charge in [0.15, 0.2) is 0 Å². The second-order valence-electron chi connectivity index (χ2n) is 5.54. The fraction of sp³-hybridized carbons (Fsp3) is 0.444. The Labute approximate surface area is 127 Å². The van der Waals surface area contributed by atoms with Crippen LogP contribution in [0.2, 0.25) is 0 Å². The van der Waals surface area contributed by atoms with E-state index in [1.807, 2.05) is 6.07 Å². The molecule has 2 aromatic rings. The van der Waals surface area contributed by atoms with Gasteiger partial charge in [0.2, 0.25) is 0 Å². The van der Waals surface area contributed by atoms with Crippen LogP contribution >= 0.6 is 0 Å². The molecule has 2 rings (SSSR count). The zero-order valence-corrected chi connectivity index (χ0v) is 13.3. The van der Waals surface area contributed by atoms with Crippen molar-refractivity contribution in [2.24, 2.45) is 0 Å². The monoisotopic (exact) mass is 287 g/mol. The Kier molecular flexibility index (Phi) is 5.59. The van der Waals surface area contributed by atoms with Crippen LogP contribution in [0.1, 0.15) is 31.9 Å². The Morgan fingerprint density at radius 1 is 1.00 bits per heavy atom. The van der Waals surface area contributed by atoms with E-state index >= 15 is 0 Å². The highest BCUT2D eigenvalue weighted by atomic mass is 16.5. The van der Waals surface area contributed by atoms with Gasteiger partial charge >= 0.3 is 0 Å². The highest BCUT2D eigenvalue weighted by Gasteiger charge is 2.10. The first-order valence-electron chi connectivity index (χ1n) is 7.46. The highest BCUT2D eigenvalue weighted by molar-refractivity contribution is 5.84. The van der Waals surface area contributed by atoms with E-state index in [1.165, 1.54) is 16.3 Å². The molecule has 0 aliphatic rings. The average molecular weight is 287 g/mol. The molecule has 0 aliphatic heterocycles. The lowest BCUT2D eigenvalue weighted by Crippen LogP contribution is -2.29. The highest BCUT2D eigenvalue weighted by Crippen LogP contribution is 2.24. The molecule has 2 aromatic carbocycles. The minimum absolute atomic E-state index is 0.323. The fourth-order valence-corrected chi connectivity index (χ4v) is 2.54. The predicted octanol–water partition coefficient (Wildman–Crippen LogP) is 3.92. The van der Waals surface area contributed by atoms with Crippen LogP contribution < -0.4 is 10.1 Å². The lowest BCUT2D eigenvalue weighted by molar-refractivity contribution is 0.183. The zero-order chi connectivity index (χ0) is 15.2. The Morgan fingerprint density at radius 3 is 2.43 bits per heavy atom. The molecule has 21 heavy (non-hydrogen) atoms. The van der Waals surface area contributed by atoms with Gasteiger partial charge in [-0.3, -0.25) is 0 Å². The number of methoxy groups -OCH3 is 2. The molecule has 3 nitrogen and oxygen atoms in total. The largest absolute Gasteiger partial charge is 0.497 e. The van der Waals surface area contributed by atoms with Crippen molar-refractivity contribution in [2.75, 3.05) is 20.8 Å². The maximum Gasteiger partial charge on any atom is 0.119 e. The van der Waals surface area contributed by atoms with E-state index in [0.717, 1.165) is 18.8 Å². The maximum atomic E-state index is 5.27. The lowest BCUT2D eigenvalue weighted by Gasteiger charge is -2.20. The molecule has 0 saturated heterocycles. The molecule has 0 aliphatic carbocycles. The van der Waals surface area contributed by atoms with Crippen LogP contribution in [-0.4, -0.2) is 26.9 Å². The maximum absolute atomic E-state index is 5.27. The first-order valence-corrected chi connectivity index (χ1v) is 7.46. The molecule has 1 N–H and O–H groups in total. The number of fused-ring (bicyclic) bond motifs is 1. The summed E-state index contributed by atoms with van der Waals surface area (Å²) in [7, 11) is 3.44. The van der Waals surface area contributed by atoms with Crippen LogP contribution in [0.25, 0.3) is 10.8 Å². The molecular weight excluding hydrogens is 262 g/mol. The molecule has 0 bridgehead atoms. The van der Waals surface area contributed by atoms with Gasteiger partial charge in [-0.25, -0.2) is 0 Å². The van der Waals surface area contributed by atoms with Gasteiger partial charge in [0, 0.05) is 25.8 Å². The summed E-state index contributed by atoms with van der Waals surface area (Å²) < 4.78 is 10.4. The smallest absolute Gasteiger partial charge is 0.119 e. The molecular formula is C18H25NO2. The van der Waals surface area contributed by atoms with E-state index in [4.69, 9.17) is 9.47 Å². The van der Waals surface area contributed by atoms with Crippen molar-refractivity contribution < 1.29 is 9.47 Å². The molecule has 114 valence electrons. The Bertz CT molecular complexity index is 582. The van der Waals surface area contributed by atoms with Crippen molar-refractivity contribution in [1.82, 2.24) is 5.32 Å². The van der Waals surface area contributed by atoms with Gasteiger partial charge in [-0.2, -0.15) is 0 Å². The van der Waals surface area contributed by atoms with Gasteiger partial charge in [0.25, 0.3) is 0 Å². The van der Waals surface area contributed by atoms with E-state index < -0.39 is 0 Å². The van der Waals surface area contributed by atoms with Gasteiger partial charge in [0.1, 0.15) is 5.75 Å². The number of ether oxygens (including phenoxy) is 2.